The van der Waals surface area contributed by atoms with Crippen LogP contribution in [0.1, 0.15) is 24.8 Å². The highest BCUT2D eigenvalue weighted by molar-refractivity contribution is 5.27. The van der Waals surface area contributed by atoms with Gasteiger partial charge in [-0.3, -0.25) is 0 Å². The molecule has 0 unspecified atom stereocenters. The van der Waals surface area contributed by atoms with E-state index in [1.807, 2.05) is 12.1 Å². The van der Waals surface area contributed by atoms with Gasteiger partial charge < -0.3 is 15.2 Å². The van der Waals surface area contributed by atoms with E-state index in [4.69, 9.17) is 9.84 Å². The van der Waals surface area contributed by atoms with Crippen LogP contribution >= 0.6 is 0 Å². The molecule has 2 N–H and O–H groups in total. The number of aliphatic hydroxyl groups excluding tert-OH is 1. The van der Waals surface area contributed by atoms with Crippen molar-refractivity contribution in [1.29, 1.82) is 0 Å². The van der Waals surface area contributed by atoms with Crippen LogP contribution in [-0.4, -0.2) is 31.9 Å². The molecule has 3 heteroatoms. The molecule has 0 amide bonds. The van der Waals surface area contributed by atoms with Gasteiger partial charge in [-0.05, 0) is 55.3 Å². The average Bonchev–Trinajstić information content (AvgIpc) is 3.16. The Morgan fingerprint density at radius 2 is 2.00 bits per heavy atom. The van der Waals surface area contributed by atoms with Gasteiger partial charge in [0.15, 0.2) is 0 Å². The van der Waals surface area contributed by atoms with Crippen LogP contribution in [0.5, 0.6) is 5.75 Å². The lowest BCUT2D eigenvalue weighted by Gasteiger charge is -2.14. The SMILES string of the molecule is COc1ccc(CCNCC2(CCO)CC2)cc1. The van der Waals surface area contributed by atoms with Gasteiger partial charge >= 0.3 is 0 Å². The summed E-state index contributed by atoms with van der Waals surface area (Å²) >= 11 is 0. The first-order chi connectivity index (χ1) is 8.78. The van der Waals surface area contributed by atoms with Gasteiger partial charge in [-0.15, -0.1) is 0 Å². The summed E-state index contributed by atoms with van der Waals surface area (Å²) in [5.41, 5.74) is 1.74. The zero-order valence-electron chi connectivity index (χ0n) is 11.1. The van der Waals surface area contributed by atoms with E-state index in [1.54, 1.807) is 7.11 Å². The highest BCUT2D eigenvalue weighted by Gasteiger charge is 2.41. The number of aliphatic hydroxyl groups is 1. The summed E-state index contributed by atoms with van der Waals surface area (Å²) < 4.78 is 5.14. The van der Waals surface area contributed by atoms with Crippen LogP contribution in [0.25, 0.3) is 0 Å². The molecule has 1 aromatic carbocycles. The summed E-state index contributed by atoms with van der Waals surface area (Å²) in [5, 5.41) is 12.5. The largest absolute Gasteiger partial charge is 0.497 e. The number of rotatable bonds is 8. The van der Waals surface area contributed by atoms with Crippen LogP contribution in [0, 0.1) is 5.41 Å². The molecule has 1 aromatic rings. The standard InChI is InChI=1S/C15H23NO2/c1-18-14-4-2-13(3-5-14)6-10-16-12-15(7-8-15)9-11-17/h2-5,16-17H,6-12H2,1H3. The van der Waals surface area contributed by atoms with Gasteiger partial charge in [-0.2, -0.15) is 0 Å². The molecule has 0 bridgehead atoms. The van der Waals surface area contributed by atoms with Gasteiger partial charge in [0.2, 0.25) is 0 Å². The molecule has 1 aliphatic rings. The lowest BCUT2D eigenvalue weighted by molar-refractivity contribution is 0.245. The molecule has 0 spiro atoms. The van der Waals surface area contributed by atoms with Crippen molar-refractivity contribution in [1.82, 2.24) is 5.32 Å². The summed E-state index contributed by atoms with van der Waals surface area (Å²) in [7, 11) is 1.69. The fourth-order valence-corrected chi connectivity index (χ4v) is 2.31. The number of hydrogen-bond acceptors (Lipinski definition) is 3. The third kappa shape index (κ3) is 3.72. The highest BCUT2D eigenvalue weighted by atomic mass is 16.5. The van der Waals surface area contributed by atoms with Gasteiger partial charge in [0.1, 0.15) is 5.75 Å². The van der Waals surface area contributed by atoms with Crippen LogP contribution in [0.4, 0.5) is 0 Å². The smallest absolute Gasteiger partial charge is 0.118 e. The van der Waals surface area contributed by atoms with Crippen molar-refractivity contribution in [3.63, 3.8) is 0 Å². The summed E-state index contributed by atoms with van der Waals surface area (Å²) in [5.74, 6) is 0.909. The van der Waals surface area contributed by atoms with Crippen molar-refractivity contribution in [2.45, 2.75) is 25.7 Å². The van der Waals surface area contributed by atoms with Crippen molar-refractivity contribution >= 4 is 0 Å². The van der Waals surface area contributed by atoms with Crippen molar-refractivity contribution < 1.29 is 9.84 Å². The predicted octanol–water partition coefficient (Wildman–Crippen LogP) is 1.99. The average molecular weight is 249 g/mol. The van der Waals surface area contributed by atoms with E-state index in [-0.39, 0.29) is 0 Å². The zero-order valence-corrected chi connectivity index (χ0v) is 11.1. The molecule has 1 aliphatic carbocycles. The van der Waals surface area contributed by atoms with Crippen molar-refractivity contribution in [2.75, 3.05) is 26.8 Å². The molecule has 0 heterocycles. The molecule has 2 rings (SSSR count). The van der Waals surface area contributed by atoms with Crippen molar-refractivity contribution in [3.8, 4) is 5.75 Å². The van der Waals surface area contributed by atoms with Crippen LogP contribution in [0.2, 0.25) is 0 Å². The van der Waals surface area contributed by atoms with E-state index in [0.29, 0.717) is 12.0 Å². The highest BCUT2D eigenvalue weighted by Crippen LogP contribution is 2.47. The fourth-order valence-electron chi connectivity index (χ4n) is 2.31. The van der Waals surface area contributed by atoms with Crippen molar-refractivity contribution in [3.05, 3.63) is 29.8 Å². The Balaban J connectivity index is 1.65. The molecule has 0 radical (unpaired) electrons. The minimum Gasteiger partial charge on any atom is -0.497 e. The van der Waals surface area contributed by atoms with Crippen LogP contribution in [0.3, 0.4) is 0 Å². The Bertz CT molecular complexity index is 357. The maximum absolute atomic E-state index is 8.99. The first-order valence-electron chi connectivity index (χ1n) is 6.72. The topological polar surface area (TPSA) is 41.5 Å². The normalized spacial score (nSPS) is 16.6. The lowest BCUT2D eigenvalue weighted by atomic mass is 10.0. The number of benzene rings is 1. The Hall–Kier alpha value is -1.06. The predicted molar refractivity (Wildman–Crippen MR) is 72.9 cm³/mol. The molecule has 1 fully saturated rings. The Morgan fingerprint density at radius 3 is 2.56 bits per heavy atom. The van der Waals surface area contributed by atoms with E-state index in [1.165, 1.54) is 18.4 Å². The molecule has 1 saturated carbocycles. The number of hydrogen-bond donors (Lipinski definition) is 2. The van der Waals surface area contributed by atoms with Crippen LogP contribution in [0.15, 0.2) is 24.3 Å². The third-order valence-electron chi connectivity index (χ3n) is 3.85. The zero-order chi connectivity index (χ0) is 12.8. The first-order valence-corrected chi connectivity index (χ1v) is 6.72. The Labute approximate surface area is 109 Å². The third-order valence-corrected chi connectivity index (χ3v) is 3.85. The molecule has 0 saturated heterocycles. The summed E-state index contributed by atoms with van der Waals surface area (Å²) in [4.78, 5) is 0. The maximum atomic E-state index is 8.99. The van der Waals surface area contributed by atoms with Gasteiger partial charge in [-0.25, -0.2) is 0 Å². The van der Waals surface area contributed by atoms with E-state index in [9.17, 15) is 0 Å². The minimum absolute atomic E-state index is 0.320. The van der Waals surface area contributed by atoms with Crippen molar-refractivity contribution in [2.24, 2.45) is 5.41 Å². The molecular weight excluding hydrogens is 226 g/mol. The second-order valence-electron chi connectivity index (χ2n) is 5.25. The molecule has 3 nitrogen and oxygen atoms in total. The van der Waals surface area contributed by atoms with E-state index in [2.05, 4.69) is 17.4 Å². The van der Waals surface area contributed by atoms with E-state index >= 15 is 0 Å². The molecule has 0 atom stereocenters. The monoisotopic (exact) mass is 249 g/mol. The summed E-state index contributed by atoms with van der Waals surface area (Å²) in [6.07, 6.45) is 4.52. The van der Waals surface area contributed by atoms with E-state index in [0.717, 1.165) is 31.7 Å². The maximum Gasteiger partial charge on any atom is 0.118 e. The van der Waals surface area contributed by atoms with Gasteiger partial charge in [0, 0.05) is 13.2 Å². The van der Waals surface area contributed by atoms with Gasteiger partial charge in [0.05, 0.1) is 7.11 Å². The number of ether oxygens (including phenoxy) is 1. The van der Waals surface area contributed by atoms with Gasteiger partial charge in [-0.1, -0.05) is 12.1 Å². The Morgan fingerprint density at radius 1 is 1.28 bits per heavy atom. The van der Waals surface area contributed by atoms with Crippen LogP contribution < -0.4 is 10.1 Å². The molecule has 0 aliphatic heterocycles. The van der Waals surface area contributed by atoms with E-state index < -0.39 is 0 Å². The fraction of sp³-hybridized carbons (Fsp3) is 0.600. The second kappa shape index (κ2) is 6.21. The number of methoxy groups -OCH3 is 1. The van der Waals surface area contributed by atoms with Crippen LogP contribution in [-0.2, 0) is 6.42 Å². The molecule has 0 aromatic heterocycles. The van der Waals surface area contributed by atoms with Gasteiger partial charge in [0.25, 0.3) is 0 Å². The molecule has 100 valence electrons. The Kier molecular flexibility index (Phi) is 4.61. The first kappa shape index (κ1) is 13.4. The summed E-state index contributed by atoms with van der Waals surface area (Å²) in [6.45, 7) is 2.36. The molecular formula is C15H23NO2. The molecule has 18 heavy (non-hydrogen) atoms. The quantitative estimate of drug-likeness (QED) is 0.692. The number of nitrogens with one attached hydrogen (secondary N) is 1. The second-order valence-corrected chi connectivity index (χ2v) is 5.25. The lowest BCUT2D eigenvalue weighted by Crippen LogP contribution is -2.26. The summed E-state index contributed by atoms with van der Waals surface area (Å²) in [6, 6.07) is 8.23. The minimum atomic E-state index is 0.320.